The topological polar surface area (TPSA) is 81.4 Å². The highest BCUT2D eigenvalue weighted by molar-refractivity contribution is 5.97. The van der Waals surface area contributed by atoms with E-state index >= 15 is 0 Å². The Morgan fingerprint density at radius 1 is 1.86 bits per heavy atom. The van der Waals surface area contributed by atoms with Crippen LogP contribution in [-0.2, 0) is 9.53 Å². The predicted octanol–water partition coefficient (Wildman–Crippen LogP) is -0.382. The first-order valence-electron chi connectivity index (χ1n) is 3.92. The van der Waals surface area contributed by atoms with Gasteiger partial charge in [-0.05, 0) is 0 Å². The van der Waals surface area contributed by atoms with Crippen molar-refractivity contribution in [2.45, 2.75) is 6.04 Å². The van der Waals surface area contributed by atoms with Gasteiger partial charge in [0.1, 0.15) is 12.3 Å². The molecular formula is C8H10N2O4. The van der Waals surface area contributed by atoms with Gasteiger partial charge < -0.3 is 14.5 Å². The fourth-order valence-electron chi connectivity index (χ4n) is 0.942. The van der Waals surface area contributed by atoms with E-state index in [-0.39, 0.29) is 12.5 Å². The second kappa shape index (κ2) is 5.13. The molecule has 1 heterocycles. The third kappa shape index (κ3) is 2.40. The molecule has 1 rings (SSSR count). The van der Waals surface area contributed by atoms with Crippen LogP contribution in [0.4, 0.5) is 0 Å². The zero-order valence-electron chi connectivity index (χ0n) is 7.60. The van der Waals surface area contributed by atoms with E-state index in [2.05, 4.69) is 10.3 Å². The molecular weight excluding hydrogens is 188 g/mol. The van der Waals surface area contributed by atoms with Gasteiger partial charge in [-0.15, -0.1) is 0 Å². The number of amides is 1. The molecule has 0 unspecified atom stereocenters. The maximum atomic E-state index is 11.5. The number of hydrogen-bond donors (Lipinski definition) is 1. The number of nitrogens with zero attached hydrogens (tertiary/aromatic N) is 1. The summed E-state index contributed by atoms with van der Waals surface area (Å²) in [6, 6.07) is -0.754. The highest BCUT2D eigenvalue weighted by Crippen LogP contribution is 2.00. The van der Waals surface area contributed by atoms with Crippen molar-refractivity contribution < 1.29 is 18.7 Å². The Morgan fingerprint density at radius 3 is 3.14 bits per heavy atom. The average molecular weight is 198 g/mol. The van der Waals surface area contributed by atoms with E-state index in [4.69, 9.17) is 9.15 Å². The molecule has 14 heavy (non-hydrogen) atoms. The number of carbonyl (C=O) groups excluding carboxylic acids is 2. The molecule has 1 N–H and O–H groups in total. The van der Waals surface area contributed by atoms with Crippen LogP contribution in [0.15, 0.2) is 16.9 Å². The second-order valence-corrected chi connectivity index (χ2v) is 2.49. The van der Waals surface area contributed by atoms with Gasteiger partial charge in [0.25, 0.3) is 5.89 Å². The van der Waals surface area contributed by atoms with Crippen LogP contribution in [0.2, 0.25) is 0 Å². The van der Waals surface area contributed by atoms with Gasteiger partial charge in [0.2, 0.25) is 12.2 Å². The van der Waals surface area contributed by atoms with Gasteiger partial charge in [-0.1, -0.05) is 0 Å². The first kappa shape index (κ1) is 10.4. The van der Waals surface area contributed by atoms with E-state index in [1.165, 1.54) is 19.6 Å². The molecule has 0 bridgehead atoms. The van der Waals surface area contributed by atoms with E-state index in [0.717, 1.165) is 0 Å². The van der Waals surface area contributed by atoms with Crippen LogP contribution in [0.25, 0.3) is 0 Å². The lowest BCUT2D eigenvalue weighted by atomic mass is 10.2. The first-order valence-corrected chi connectivity index (χ1v) is 3.92. The molecule has 0 saturated heterocycles. The zero-order valence-corrected chi connectivity index (χ0v) is 7.60. The third-order valence-corrected chi connectivity index (χ3v) is 1.56. The van der Waals surface area contributed by atoms with Gasteiger partial charge in [0.15, 0.2) is 0 Å². The number of aromatic nitrogens is 1. The fourth-order valence-corrected chi connectivity index (χ4v) is 0.942. The minimum Gasteiger partial charge on any atom is -0.442 e. The van der Waals surface area contributed by atoms with Gasteiger partial charge in [0.05, 0.1) is 12.8 Å². The van der Waals surface area contributed by atoms with E-state index in [0.29, 0.717) is 6.41 Å². The summed E-state index contributed by atoms with van der Waals surface area (Å²) in [6.07, 6.45) is 3.08. The lowest BCUT2D eigenvalue weighted by Crippen LogP contribution is -2.39. The molecule has 0 aliphatic carbocycles. The van der Waals surface area contributed by atoms with E-state index < -0.39 is 11.8 Å². The number of hydrogen-bond acceptors (Lipinski definition) is 5. The Hall–Kier alpha value is -1.69. The van der Waals surface area contributed by atoms with Crippen molar-refractivity contribution in [2.75, 3.05) is 13.7 Å². The number of nitrogens with one attached hydrogen (secondary N) is 1. The Bertz CT molecular complexity index is 296. The van der Waals surface area contributed by atoms with Crippen molar-refractivity contribution >= 4 is 12.2 Å². The molecule has 6 heteroatoms. The van der Waals surface area contributed by atoms with E-state index in [1.807, 2.05) is 0 Å². The number of ketones is 1. The maximum Gasteiger partial charge on any atom is 0.265 e. The molecule has 0 radical (unpaired) electrons. The molecule has 0 fully saturated rings. The van der Waals surface area contributed by atoms with Crippen molar-refractivity contribution in [3.63, 3.8) is 0 Å². The lowest BCUT2D eigenvalue weighted by Gasteiger charge is -2.10. The van der Waals surface area contributed by atoms with Crippen molar-refractivity contribution in [1.29, 1.82) is 0 Å². The SMILES string of the molecule is COC[C@H](NC=O)C(=O)c1ncco1. The Kier molecular flexibility index (Phi) is 3.81. The summed E-state index contributed by atoms with van der Waals surface area (Å²) < 4.78 is 9.56. The summed E-state index contributed by atoms with van der Waals surface area (Å²) in [5, 5.41) is 2.32. The third-order valence-electron chi connectivity index (χ3n) is 1.56. The normalized spacial score (nSPS) is 12.1. The molecule has 0 aliphatic rings. The highest BCUT2D eigenvalue weighted by atomic mass is 16.5. The second-order valence-electron chi connectivity index (χ2n) is 2.49. The van der Waals surface area contributed by atoms with Crippen LogP contribution in [0.1, 0.15) is 10.7 Å². The summed E-state index contributed by atoms with van der Waals surface area (Å²) in [7, 11) is 1.43. The smallest absolute Gasteiger partial charge is 0.265 e. The van der Waals surface area contributed by atoms with Crippen LogP contribution >= 0.6 is 0 Å². The monoisotopic (exact) mass is 198 g/mol. The number of oxazole rings is 1. The standard InChI is InChI=1S/C8H10N2O4/c1-13-4-6(10-5-11)7(12)8-9-2-3-14-8/h2-3,5-6H,4H2,1H3,(H,10,11)/t6-/m0/s1. The minimum atomic E-state index is -0.754. The quantitative estimate of drug-likeness (QED) is 0.497. The molecule has 0 aromatic carbocycles. The molecule has 0 aliphatic heterocycles. The van der Waals surface area contributed by atoms with Crippen molar-refractivity contribution in [2.24, 2.45) is 0 Å². The van der Waals surface area contributed by atoms with Gasteiger partial charge in [-0.2, -0.15) is 0 Å². The van der Waals surface area contributed by atoms with Crippen LogP contribution in [0, 0.1) is 0 Å². The van der Waals surface area contributed by atoms with Crippen LogP contribution in [0.5, 0.6) is 0 Å². The summed E-state index contributed by atoms with van der Waals surface area (Å²) in [4.78, 5) is 25.4. The molecule has 6 nitrogen and oxygen atoms in total. The Labute approximate surface area is 80.3 Å². The summed E-state index contributed by atoms with van der Waals surface area (Å²) in [6.45, 7) is 0.0833. The fraction of sp³-hybridized carbons (Fsp3) is 0.375. The van der Waals surface area contributed by atoms with Gasteiger partial charge in [-0.3, -0.25) is 9.59 Å². The molecule has 76 valence electrons. The van der Waals surface area contributed by atoms with Gasteiger partial charge >= 0.3 is 0 Å². The van der Waals surface area contributed by atoms with Crippen LogP contribution < -0.4 is 5.32 Å². The lowest BCUT2D eigenvalue weighted by molar-refractivity contribution is -0.110. The number of Topliss-reactive ketones (excluding diaryl/α,β-unsaturated/α-hetero) is 1. The molecule has 1 atom stereocenters. The van der Waals surface area contributed by atoms with E-state index in [9.17, 15) is 9.59 Å². The number of carbonyl (C=O) groups is 2. The zero-order chi connectivity index (χ0) is 10.4. The first-order chi connectivity index (χ1) is 6.79. The molecule has 1 aromatic heterocycles. The molecule has 1 amide bonds. The minimum absolute atomic E-state index is 0.0404. The highest BCUT2D eigenvalue weighted by Gasteiger charge is 2.22. The Balaban J connectivity index is 2.68. The van der Waals surface area contributed by atoms with Crippen molar-refractivity contribution in [3.8, 4) is 0 Å². The number of methoxy groups -OCH3 is 1. The van der Waals surface area contributed by atoms with Gasteiger partial charge in [-0.25, -0.2) is 4.98 Å². The van der Waals surface area contributed by atoms with Crippen LogP contribution in [0.3, 0.4) is 0 Å². The Morgan fingerprint density at radius 2 is 2.64 bits per heavy atom. The predicted molar refractivity (Wildman–Crippen MR) is 45.7 cm³/mol. The van der Waals surface area contributed by atoms with E-state index in [1.54, 1.807) is 0 Å². The molecule has 0 saturated carbocycles. The number of rotatable bonds is 6. The molecule has 0 spiro atoms. The molecule has 1 aromatic rings. The van der Waals surface area contributed by atoms with Crippen LogP contribution in [-0.4, -0.2) is 36.9 Å². The largest absolute Gasteiger partial charge is 0.442 e. The summed E-state index contributed by atoms with van der Waals surface area (Å²) in [5.41, 5.74) is 0. The summed E-state index contributed by atoms with van der Waals surface area (Å²) >= 11 is 0. The van der Waals surface area contributed by atoms with Crippen molar-refractivity contribution in [3.05, 3.63) is 18.4 Å². The van der Waals surface area contributed by atoms with Crippen molar-refractivity contribution in [1.82, 2.24) is 10.3 Å². The summed E-state index contributed by atoms with van der Waals surface area (Å²) in [5.74, 6) is -0.453. The maximum absolute atomic E-state index is 11.5. The van der Waals surface area contributed by atoms with Gasteiger partial charge in [0, 0.05) is 7.11 Å². The average Bonchev–Trinajstić information content (AvgIpc) is 2.69. The number of ether oxygens (including phenoxy) is 1.